The first-order valence-electron chi connectivity index (χ1n) is 5.91. The molecule has 0 bridgehead atoms. The number of nitrogens with zero attached hydrogens (tertiary/aromatic N) is 3. The summed E-state index contributed by atoms with van der Waals surface area (Å²) in [4.78, 5) is 12.4. The van der Waals surface area contributed by atoms with Crippen LogP contribution in [0.5, 0.6) is 5.88 Å². The largest absolute Gasteiger partial charge is 0.481 e. The summed E-state index contributed by atoms with van der Waals surface area (Å²) in [7, 11) is 3.43. The Morgan fingerprint density at radius 1 is 1.32 bits per heavy atom. The van der Waals surface area contributed by atoms with Gasteiger partial charge in [-0.05, 0) is 25.6 Å². The van der Waals surface area contributed by atoms with Crippen molar-refractivity contribution in [3.63, 3.8) is 0 Å². The van der Waals surface area contributed by atoms with Gasteiger partial charge in [0.1, 0.15) is 12.1 Å². The topological polar surface area (TPSA) is 86.0 Å². The van der Waals surface area contributed by atoms with Gasteiger partial charge in [-0.1, -0.05) is 0 Å². The molecule has 0 saturated heterocycles. The summed E-state index contributed by atoms with van der Waals surface area (Å²) >= 11 is 0. The van der Waals surface area contributed by atoms with Gasteiger partial charge in [-0.2, -0.15) is 0 Å². The number of hydrogen-bond donors (Lipinski definition) is 2. The van der Waals surface area contributed by atoms with E-state index in [-0.39, 0.29) is 6.04 Å². The summed E-state index contributed by atoms with van der Waals surface area (Å²) in [6.07, 6.45) is 3.17. The standard InChI is InChI=1S/C13H17N5O/c1-8-4-5-16-13(14)11(8)12(15-2)9-6-10(19-3)18-7-17-9/h4-7,12,15H,1-3H3,(H2,14,16). The second kappa shape index (κ2) is 5.62. The first-order valence-corrected chi connectivity index (χ1v) is 5.91. The van der Waals surface area contributed by atoms with Crippen molar-refractivity contribution in [2.24, 2.45) is 0 Å². The molecule has 0 amide bonds. The highest BCUT2D eigenvalue weighted by atomic mass is 16.5. The third kappa shape index (κ3) is 2.63. The van der Waals surface area contributed by atoms with Gasteiger partial charge >= 0.3 is 0 Å². The molecule has 0 fully saturated rings. The summed E-state index contributed by atoms with van der Waals surface area (Å²) in [6, 6.07) is 3.56. The first kappa shape index (κ1) is 13.2. The third-order valence-electron chi connectivity index (χ3n) is 2.98. The van der Waals surface area contributed by atoms with Crippen molar-refractivity contribution in [1.29, 1.82) is 0 Å². The minimum Gasteiger partial charge on any atom is -0.481 e. The molecule has 100 valence electrons. The number of anilines is 1. The van der Waals surface area contributed by atoms with Crippen molar-refractivity contribution in [3.8, 4) is 5.88 Å². The number of methoxy groups -OCH3 is 1. The van der Waals surface area contributed by atoms with E-state index in [1.807, 2.05) is 20.0 Å². The Balaban J connectivity index is 2.50. The molecule has 2 aromatic rings. The maximum Gasteiger partial charge on any atom is 0.216 e. The SMILES string of the molecule is CNC(c1cc(OC)ncn1)c1c(C)ccnc1N. The van der Waals surface area contributed by atoms with Gasteiger partial charge in [-0.25, -0.2) is 15.0 Å². The lowest BCUT2D eigenvalue weighted by atomic mass is 9.99. The van der Waals surface area contributed by atoms with E-state index in [2.05, 4.69) is 20.3 Å². The van der Waals surface area contributed by atoms with E-state index in [1.165, 1.54) is 6.33 Å². The van der Waals surface area contributed by atoms with Crippen LogP contribution in [0.25, 0.3) is 0 Å². The summed E-state index contributed by atoms with van der Waals surface area (Å²) in [5, 5.41) is 3.20. The molecule has 6 heteroatoms. The van der Waals surface area contributed by atoms with Crippen molar-refractivity contribution in [1.82, 2.24) is 20.3 Å². The van der Waals surface area contributed by atoms with Crippen molar-refractivity contribution < 1.29 is 4.74 Å². The van der Waals surface area contributed by atoms with E-state index >= 15 is 0 Å². The Morgan fingerprint density at radius 2 is 2.11 bits per heavy atom. The van der Waals surface area contributed by atoms with E-state index in [4.69, 9.17) is 10.5 Å². The number of hydrogen-bond acceptors (Lipinski definition) is 6. The van der Waals surface area contributed by atoms with Gasteiger partial charge in [0.25, 0.3) is 0 Å². The highest BCUT2D eigenvalue weighted by molar-refractivity contribution is 5.49. The number of nitrogens with one attached hydrogen (secondary N) is 1. The summed E-state index contributed by atoms with van der Waals surface area (Å²) in [5.74, 6) is 1.02. The van der Waals surface area contributed by atoms with Crippen LogP contribution in [0.1, 0.15) is 22.9 Å². The molecule has 1 atom stereocenters. The summed E-state index contributed by atoms with van der Waals surface area (Å²) in [5.41, 5.74) is 8.75. The number of ether oxygens (including phenoxy) is 1. The van der Waals surface area contributed by atoms with E-state index in [0.29, 0.717) is 11.7 Å². The number of aryl methyl sites for hydroxylation is 1. The zero-order chi connectivity index (χ0) is 13.8. The zero-order valence-corrected chi connectivity index (χ0v) is 11.2. The Bertz CT molecular complexity index is 552. The van der Waals surface area contributed by atoms with Gasteiger partial charge in [0.15, 0.2) is 0 Å². The lowest BCUT2D eigenvalue weighted by Crippen LogP contribution is -2.22. The quantitative estimate of drug-likeness (QED) is 0.854. The Morgan fingerprint density at radius 3 is 2.74 bits per heavy atom. The molecule has 2 rings (SSSR count). The van der Waals surface area contributed by atoms with Gasteiger partial charge < -0.3 is 15.8 Å². The molecule has 0 saturated carbocycles. The number of nitrogen functional groups attached to an aromatic ring is 1. The Hall–Kier alpha value is -2.21. The predicted octanol–water partition coefficient (Wildman–Crippen LogP) is 1.08. The number of pyridine rings is 1. The monoisotopic (exact) mass is 259 g/mol. The van der Waals surface area contributed by atoms with Crippen LogP contribution < -0.4 is 15.8 Å². The second-order valence-electron chi connectivity index (χ2n) is 4.13. The van der Waals surface area contributed by atoms with Gasteiger partial charge in [0.05, 0.1) is 18.8 Å². The molecular weight excluding hydrogens is 242 g/mol. The van der Waals surface area contributed by atoms with E-state index < -0.39 is 0 Å². The van der Waals surface area contributed by atoms with E-state index in [9.17, 15) is 0 Å². The normalized spacial score (nSPS) is 12.2. The van der Waals surface area contributed by atoms with Gasteiger partial charge in [0.2, 0.25) is 5.88 Å². The van der Waals surface area contributed by atoms with Crippen molar-refractivity contribution in [2.75, 3.05) is 19.9 Å². The molecule has 0 aliphatic heterocycles. The lowest BCUT2D eigenvalue weighted by Gasteiger charge is -2.19. The van der Waals surface area contributed by atoms with Crippen LogP contribution in [0, 0.1) is 6.92 Å². The fraction of sp³-hybridized carbons (Fsp3) is 0.308. The molecule has 0 spiro atoms. The number of rotatable bonds is 4. The average molecular weight is 259 g/mol. The highest BCUT2D eigenvalue weighted by Gasteiger charge is 2.19. The fourth-order valence-corrected chi connectivity index (χ4v) is 2.03. The van der Waals surface area contributed by atoms with Crippen molar-refractivity contribution >= 4 is 5.82 Å². The maximum absolute atomic E-state index is 5.98. The molecule has 0 aromatic carbocycles. The van der Waals surface area contributed by atoms with Crippen LogP contribution in [0.15, 0.2) is 24.7 Å². The van der Waals surface area contributed by atoms with Crippen molar-refractivity contribution in [2.45, 2.75) is 13.0 Å². The average Bonchev–Trinajstić information content (AvgIpc) is 2.43. The fourth-order valence-electron chi connectivity index (χ4n) is 2.03. The number of nitrogens with two attached hydrogens (primary N) is 1. The van der Waals surface area contributed by atoms with Gasteiger partial charge in [0, 0.05) is 17.8 Å². The molecule has 0 aliphatic carbocycles. The molecule has 6 nitrogen and oxygen atoms in total. The molecule has 2 heterocycles. The Labute approximate surface area is 112 Å². The van der Waals surface area contributed by atoms with E-state index in [1.54, 1.807) is 19.4 Å². The molecule has 0 aliphatic rings. The maximum atomic E-state index is 5.98. The molecule has 2 aromatic heterocycles. The second-order valence-corrected chi connectivity index (χ2v) is 4.13. The van der Waals surface area contributed by atoms with Crippen molar-refractivity contribution in [3.05, 3.63) is 41.5 Å². The lowest BCUT2D eigenvalue weighted by molar-refractivity contribution is 0.395. The summed E-state index contributed by atoms with van der Waals surface area (Å²) < 4.78 is 5.12. The minimum absolute atomic E-state index is 0.148. The third-order valence-corrected chi connectivity index (χ3v) is 2.98. The first-order chi connectivity index (χ1) is 9.17. The van der Waals surface area contributed by atoms with Crippen LogP contribution in [-0.2, 0) is 0 Å². The molecule has 3 N–H and O–H groups in total. The molecule has 19 heavy (non-hydrogen) atoms. The van der Waals surface area contributed by atoms with Crippen LogP contribution >= 0.6 is 0 Å². The van der Waals surface area contributed by atoms with E-state index in [0.717, 1.165) is 16.8 Å². The van der Waals surface area contributed by atoms with Crippen LogP contribution in [0.4, 0.5) is 5.82 Å². The van der Waals surface area contributed by atoms with Gasteiger partial charge in [-0.15, -0.1) is 0 Å². The highest BCUT2D eigenvalue weighted by Crippen LogP contribution is 2.27. The smallest absolute Gasteiger partial charge is 0.216 e. The van der Waals surface area contributed by atoms with Gasteiger partial charge in [-0.3, -0.25) is 0 Å². The van der Waals surface area contributed by atoms with Crippen LogP contribution in [0.3, 0.4) is 0 Å². The Kier molecular flexibility index (Phi) is 3.91. The molecule has 1 unspecified atom stereocenters. The zero-order valence-electron chi connectivity index (χ0n) is 11.2. The van der Waals surface area contributed by atoms with Crippen LogP contribution in [-0.4, -0.2) is 29.1 Å². The number of aromatic nitrogens is 3. The molecule has 0 radical (unpaired) electrons. The van der Waals surface area contributed by atoms with Crippen LogP contribution in [0.2, 0.25) is 0 Å². The predicted molar refractivity (Wildman–Crippen MR) is 72.9 cm³/mol. The minimum atomic E-state index is -0.148. The molecular formula is C13H17N5O. The summed E-state index contributed by atoms with van der Waals surface area (Å²) in [6.45, 7) is 2.00.